The predicted octanol–water partition coefficient (Wildman–Crippen LogP) is 5.43. The van der Waals surface area contributed by atoms with Gasteiger partial charge in [0.25, 0.3) is 10.0 Å². The van der Waals surface area contributed by atoms with E-state index in [2.05, 4.69) is 10.0 Å². The highest BCUT2D eigenvalue weighted by molar-refractivity contribution is 7.92. The molecule has 2 aliphatic rings. The van der Waals surface area contributed by atoms with E-state index >= 15 is 0 Å². The smallest absolute Gasteiger partial charge is 0.307 e. The average Bonchev–Trinajstić information content (AvgIpc) is 3.29. The second kappa shape index (κ2) is 9.24. The van der Waals surface area contributed by atoms with Crippen LogP contribution in [0, 0.1) is 23.7 Å². The number of fused-ring (bicyclic) bond motifs is 2. The van der Waals surface area contributed by atoms with Gasteiger partial charge in [0.05, 0.1) is 22.4 Å². The first kappa shape index (κ1) is 24.6. The Morgan fingerprint density at radius 3 is 2.00 bits per heavy atom. The number of carboxylic acids is 1. The lowest BCUT2D eigenvalue weighted by Gasteiger charge is -2.26. The molecule has 0 aromatic heterocycles. The number of carbonyl (C=O) groups excluding carboxylic acids is 1. The number of halogens is 2. The lowest BCUT2D eigenvalue weighted by atomic mass is 9.78. The van der Waals surface area contributed by atoms with Crippen molar-refractivity contribution < 1.29 is 23.1 Å². The summed E-state index contributed by atoms with van der Waals surface area (Å²) in [5.74, 6) is -2.91. The maximum atomic E-state index is 13.1. The van der Waals surface area contributed by atoms with Gasteiger partial charge in [0.2, 0.25) is 5.91 Å². The third kappa shape index (κ3) is 4.67. The van der Waals surface area contributed by atoms with E-state index in [1.54, 1.807) is 0 Å². The molecule has 2 aromatic rings. The molecule has 2 fully saturated rings. The van der Waals surface area contributed by atoms with E-state index in [9.17, 15) is 23.1 Å². The van der Waals surface area contributed by atoms with Crippen molar-refractivity contribution in [3.8, 4) is 0 Å². The zero-order valence-electron chi connectivity index (χ0n) is 18.5. The van der Waals surface area contributed by atoms with Crippen LogP contribution in [0.25, 0.3) is 0 Å². The number of amides is 1. The number of allylic oxidation sites excluding steroid dienone is 2. The first-order chi connectivity index (χ1) is 16.0. The molecule has 34 heavy (non-hydrogen) atoms. The number of carboxylic acid groups (broad SMARTS) is 1. The molecule has 0 aliphatic heterocycles. The van der Waals surface area contributed by atoms with Gasteiger partial charge in [-0.15, -0.1) is 0 Å². The van der Waals surface area contributed by atoms with E-state index in [4.69, 9.17) is 23.2 Å². The average molecular weight is 523 g/mol. The van der Waals surface area contributed by atoms with Gasteiger partial charge in [-0.05, 0) is 81.0 Å². The highest BCUT2D eigenvalue weighted by Gasteiger charge is 2.57. The van der Waals surface area contributed by atoms with Crippen LogP contribution < -0.4 is 10.0 Å². The Hall–Kier alpha value is -2.55. The molecule has 2 aromatic carbocycles. The van der Waals surface area contributed by atoms with Gasteiger partial charge in [-0.2, -0.15) is 0 Å². The summed E-state index contributed by atoms with van der Waals surface area (Å²) in [6, 6.07) is 10.0. The lowest BCUT2D eigenvalue weighted by molar-refractivity contribution is -0.148. The minimum atomic E-state index is -3.92. The number of aliphatic carboxylic acids is 1. The molecule has 0 saturated heterocycles. The van der Waals surface area contributed by atoms with Crippen LogP contribution in [0.1, 0.15) is 26.7 Å². The van der Waals surface area contributed by atoms with Crippen molar-refractivity contribution in [3.05, 3.63) is 63.7 Å². The van der Waals surface area contributed by atoms with E-state index in [-0.39, 0.29) is 28.3 Å². The molecule has 3 N–H and O–H groups in total. The van der Waals surface area contributed by atoms with Crippen LogP contribution in [0.2, 0.25) is 10.0 Å². The summed E-state index contributed by atoms with van der Waals surface area (Å²) >= 11 is 11.9. The molecule has 10 heteroatoms. The highest BCUT2D eigenvalue weighted by Crippen LogP contribution is 2.57. The third-order valence-electron chi connectivity index (χ3n) is 6.55. The quantitative estimate of drug-likeness (QED) is 0.438. The number of carbonyl (C=O) groups is 2. The Morgan fingerprint density at radius 2 is 1.47 bits per heavy atom. The zero-order valence-corrected chi connectivity index (χ0v) is 20.8. The Kier molecular flexibility index (Phi) is 6.68. The summed E-state index contributed by atoms with van der Waals surface area (Å²) in [5.41, 5.74) is 2.79. The van der Waals surface area contributed by atoms with Crippen molar-refractivity contribution in [1.29, 1.82) is 0 Å². The van der Waals surface area contributed by atoms with Crippen LogP contribution in [-0.2, 0) is 19.6 Å². The molecule has 2 saturated carbocycles. The SMILES string of the molecule is CC(C)=C1[C@H]2CC[C@H]1[C@@H](C(=O)O)[C@H]2C(=O)Nc1ccc(S(=O)(=O)Nc2cc(Cl)cc(Cl)c2)cc1. The standard InChI is InChI=1S/C24H24Cl2N2O5S/c1-12(2)20-18-7-8-19(20)22(24(30)31)21(18)23(29)27-15-3-5-17(6-4-15)34(32,33)28-16-10-13(25)9-14(26)11-16/h3-6,9-11,18-19,21-22,28H,7-8H2,1-2H3,(H,27,29)(H,30,31)/t18-,19-,21+,22-/m1/s1. The Morgan fingerprint density at radius 1 is 0.912 bits per heavy atom. The van der Waals surface area contributed by atoms with Crippen LogP contribution in [0.4, 0.5) is 11.4 Å². The van der Waals surface area contributed by atoms with E-state index in [1.165, 1.54) is 42.5 Å². The minimum absolute atomic E-state index is 0.0169. The van der Waals surface area contributed by atoms with Crippen molar-refractivity contribution in [2.75, 3.05) is 10.0 Å². The van der Waals surface area contributed by atoms with E-state index in [1.807, 2.05) is 13.8 Å². The number of sulfonamides is 1. The van der Waals surface area contributed by atoms with Gasteiger partial charge >= 0.3 is 5.97 Å². The normalized spacial score (nSPS) is 23.6. The molecule has 0 radical (unpaired) electrons. The third-order valence-corrected chi connectivity index (χ3v) is 8.39. The van der Waals surface area contributed by atoms with Crippen molar-refractivity contribution in [3.63, 3.8) is 0 Å². The molecule has 0 heterocycles. The van der Waals surface area contributed by atoms with Crippen LogP contribution in [0.5, 0.6) is 0 Å². The molecule has 4 atom stereocenters. The fourth-order valence-corrected chi connectivity index (χ4v) is 6.94. The lowest BCUT2D eigenvalue weighted by Crippen LogP contribution is -2.37. The summed E-state index contributed by atoms with van der Waals surface area (Å²) in [5, 5.41) is 13.2. The van der Waals surface area contributed by atoms with Crippen molar-refractivity contribution in [2.24, 2.45) is 23.7 Å². The summed E-state index contributed by atoms with van der Waals surface area (Å²) in [6.45, 7) is 3.93. The first-order valence-corrected chi connectivity index (χ1v) is 13.0. The zero-order chi connectivity index (χ0) is 24.8. The van der Waals surface area contributed by atoms with Gasteiger partial charge in [-0.1, -0.05) is 34.3 Å². The van der Waals surface area contributed by atoms with Crippen LogP contribution in [0.3, 0.4) is 0 Å². The first-order valence-electron chi connectivity index (χ1n) is 10.8. The molecule has 0 spiro atoms. The summed E-state index contributed by atoms with van der Waals surface area (Å²) < 4.78 is 27.9. The number of benzene rings is 2. The fourth-order valence-electron chi connectivity index (χ4n) is 5.37. The number of hydrogen-bond donors (Lipinski definition) is 3. The van der Waals surface area contributed by atoms with Crippen LogP contribution in [-0.4, -0.2) is 25.4 Å². The fraction of sp³-hybridized carbons (Fsp3) is 0.333. The highest BCUT2D eigenvalue weighted by atomic mass is 35.5. The number of rotatable bonds is 6. The molecule has 180 valence electrons. The number of hydrogen-bond acceptors (Lipinski definition) is 4. The molecule has 2 aliphatic carbocycles. The molecule has 4 rings (SSSR count). The second-order valence-electron chi connectivity index (χ2n) is 8.91. The predicted molar refractivity (Wildman–Crippen MR) is 132 cm³/mol. The molecular weight excluding hydrogens is 499 g/mol. The van der Waals surface area contributed by atoms with Crippen molar-refractivity contribution >= 4 is 56.5 Å². The van der Waals surface area contributed by atoms with Crippen LogP contribution >= 0.6 is 23.2 Å². The number of anilines is 2. The summed E-state index contributed by atoms with van der Waals surface area (Å²) in [7, 11) is -3.92. The topological polar surface area (TPSA) is 113 Å². The van der Waals surface area contributed by atoms with Crippen molar-refractivity contribution in [1.82, 2.24) is 0 Å². The monoisotopic (exact) mass is 522 g/mol. The van der Waals surface area contributed by atoms with E-state index < -0.39 is 27.8 Å². The van der Waals surface area contributed by atoms with Gasteiger partial charge in [0, 0.05) is 15.7 Å². The molecule has 2 bridgehead atoms. The Labute approximate surface area is 208 Å². The van der Waals surface area contributed by atoms with E-state index in [0.717, 1.165) is 24.0 Å². The molecular formula is C24H24Cl2N2O5S. The van der Waals surface area contributed by atoms with Gasteiger partial charge in [0.1, 0.15) is 0 Å². The second-order valence-corrected chi connectivity index (χ2v) is 11.5. The number of nitrogens with one attached hydrogen (secondary N) is 2. The minimum Gasteiger partial charge on any atom is -0.481 e. The van der Waals surface area contributed by atoms with Gasteiger partial charge < -0.3 is 10.4 Å². The molecule has 0 unspecified atom stereocenters. The van der Waals surface area contributed by atoms with Crippen LogP contribution in [0.15, 0.2) is 58.5 Å². The Bertz CT molecular complexity index is 1270. The molecule has 7 nitrogen and oxygen atoms in total. The summed E-state index contributed by atoms with van der Waals surface area (Å²) in [4.78, 5) is 25.1. The largest absolute Gasteiger partial charge is 0.481 e. The maximum absolute atomic E-state index is 13.1. The summed E-state index contributed by atoms with van der Waals surface area (Å²) in [6.07, 6.45) is 1.58. The van der Waals surface area contributed by atoms with Gasteiger partial charge in [-0.25, -0.2) is 8.42 Å². The Balaban J connectivity index is 1.51. The van der Waals surface area contributed by atoms with Gasteiger partial charge in [0.15, 0.2) is 0 Å². The van der Waals surface area contributed by atoms with Gasteiger partial charge in [-0.3, -0.25) is 14.3 Å². The van der Waals surface area contributed by atoms with E-state index in [0.29, 0.717) is 15.7 Å². The maximum Gasteiger partial charge on any atom is 0.307 e. The molecule has 1 amide bonds. The van der Waals surface area contributed by atoms with Crippen molar-refractivity contribution in [2.45, 2.75) is 31.6 Å².